The van der Waals surface area contributed by atoms with E-state index < -0.39 is 5.72 Å². The number of aryl methyl sites for hydroxylation is 1. The molecule has 0 saturated carbocycles. The van der Waals surface area contributed by atoms with Gasteiger partial charge in [0.05, 0.1) is 0 Å². The Kier molecular flexibility index (Phi) is 2.47. The van der Waals surface area contributed by atoms with Crippen molar-refractivity contribution in [3.8, 4) is 5.75 Å². The minimum atomic E-state index is -0.414. The summed E-state index contributed by atoms with van der Waals surface area (Å²) in [6.45, 7) is 4.44. The van der Waals surface area contributed by atoms with Crippen LogP contribution in [0.5, 0.6) is 5.75 Å². The molecule has 2 atom stereocenters. The van der Waals surface area contributed by atoms with Gasteiger partial charge in [-0.2, -0.15) is 0 Å². The monoisotopic (exact) mass is 277 g/mol. The summed E-state index contributed by atoms with van der Waals surface area (Å²) in [5, 5.41) is 0. The van der Waals surface area contributed by atoms with Gasteiger partial charge in [0, 0.05) is 24.2 Å². The van der Waals surface area contributed by atoms with Crippen LogP contribution in [0.15, 0.2) is 48.5 Å². The Morgan fingerprint density at radius 3 is 2.71 bits per heavy atom. The lowest BCUT2D eigenvalue weighted by molar-refractivity contribution is 0.104. The van der Waals surface area contributed by atoms with E-state index in [0.29, 0.717) is 5.92 Å². The predicted octanol–water partition coefficient (Wildman–Crippen LogP) is 4.35. The third kappa shape index (κ3) is 1.53. The van der Waals surface area contributed by atoms with Crippen molar-refractivity contribution in [2.75, 3.05) is 11.9 Å². The zero-order chi connectivity index (χ0) is 14.6. The minimum absolute atomic E-state index is 0.295. The van der Waals surface area contributed by atoms with Crippen molar-refractivity contribution in [1.29, 1.82) is 0 Å². The Balaban J connectivity index is 1.87. The number of hydrogen-bond acceptors (Lipinski definition) is 2. The van der Waals surface area contributed by atoms with Crippen molar-refractivity contribution in [3.63, 3.8) is 0 Å². The molecule has 0 radical (unpaired) electrons. The molecule has 0 N–H and O–H groups in total. The van der Waals surface area contributed by atoms with E-state index in [-0.39, 0.29) is 0 Å². The molecular weight excluding hydrogens is 258 g/mol. The Hall–Kier alpha value is -2.22. The van der Waals surface area contributed by atoms with Crippen LogP contribution in [0.4, 0.5) is 5.69 Å². The molecule has 1 spiro atoms. The smallest absolute Gasteiger partial charge is 0.209 e. The van der Waals surface area contributed by atoms with Gasteiger partial charge in [-0.25, -0.2) is 0 Å². The molecule has 0 aromatic heterocycles. The van der Waals surface area contributed by atoms with Crippen LogP contribution in [0.1, 0.15) is 29.5 Å². The number of benzene rings is 2. The van der Waals surface area contributed by atoms with Crippen LogP contribution in [0.2, 0.25) is 0 Å². The second kappa shape index (κ2) is 4.14. The van der Waals surface area contributed by atoms with Crippen LogP contribution in [0.25, 0.3) is 6.08 Å². The molecule has 0 bridgehead atoms. The molecule has 2 aliphatic rings. The lowest BCUT2D eigenvalue weighted by Gasteiger charge is -2.40. The van der Waals surface area contributed by atoms with Crippen LogP contribution in [-0.4, -0.2) is 12.8 Å². The van der Waals surface area contributed by atoms with Crippen LogP contribution in [-0.2, 0) is 0 Å². The zero-order valence-electron chi connectivity index (χ0n) is 12.6. The van der Waals surface area contributed by atoms with Gasteiger partial charge in [0.25, 0.3) is 0 Å². The molecule has 2 aliphatic heterocycles. The number of anilines is 1. The Labute approximate surface area is 125 Å². The maximum Gasteiger partial charge on any atom is 0.209 e. The van der Waals surface area contributed by atoms with Crippen LogP contribution in [0.3, 0.4) is 0 Å². The van der Waals surface area contributed by atoms with Gasteiger partial charge in [0.15, 0.2) is 0 Å². The summed E-state index contributed by atoms with van der Waals surface area (Å²) in [6.07, 6.45) is 4.40. The molecule has 4 rings (SSSR count). The molecule has 0 aliphatic carbocycles. The fourth-order valence-electron chi connectivity index (χ4n) is 3.75. The average Bonchev–Trinajstić information content (AvgIpc) is 2.71. The van der Waals surface area contributed by atoms with Crippen molar-refractivity contribution in [3.05, 3.63) is 65.2 Å². The number of ether oxygens (including phenoxy) is 1. The Morgan fingerprint density at radius 2 is 1.90 bits per heavy atom. The van der Waals surface area contributed by atoms with E-state index in [1.54, 1.807) is 0 Å². The fraction of sp³-hybridized carbons (Fsp3) is 0.263. The van der Waals surface area contributed by atoms with Crippen LogP contribution >= 0.6 is 0 Å². The number of hydrogen-bond donors (Lipinski definition) is 0. The summed E-state index contributed by atoms with van der Waals surface area (Å²) in [6, 6.07) is 14.7. The Bertz CT molecular complexity index is 749. The maximum atomic E-state index is 6.48. The molecule has 106 valence electrons. The molecule has 2 aromatic rings. The molecule has 2 nitrogen and oxygen atoms in total. The number of rotatable bonds is 0. The van der Waals surface area contributed by atoms with Crippen molar-refractivity contribution < 1.29 is 4.74 Å². The zero-order valence-corrected chi connectivity index (χ0v) is 12.6. The fourth-order valence-corrected chi connectivity index (χ4v) is 3.75. The minimum Gasteiger partial charge on any atom is -0.463 e. The summed E-state index contributed by atoms with van der Waals surface area (Å²) in [7, 11) is 2.13. The predicted molar refractivity (Wildman–Crippen MR) is 86.8 cm³/mol. The molecule has 21 heavy (non-hydrogen) atoms. The molecule has 2 aromatic carbocycles. The Morgan fingerprint density at radius 1 is 1.10 bits per heavy atom. The standard InChI is InChI=1S/C19H19NO/c1-13-7-6-9-16-18(13)14(2)19(20(16)3)12-11-15-8-4-5-10-17(15)21-19/h4-12,14H,1-3H3. The van der Waals surface area contributed by atoms with E-state index in [0.717, 1.165) is 11.3 Å². The van der Waals surface area contributed by atoms with Crippen LogP contribution < -0.4 is 9.64 Å². The maximum absolute atomic E-state index is 6.48. The lowest BCUT2D eigenvalue weighted by atomic mass is 9.89. The summed E-state index contributed by atoms with van der Waals surface area (Å²) >= 11 is 0. The second-order valence-corrected chi connectivity index (χ2v) is 6.01. The van der Waals surface area contributed by atoms with E-state index in [1.807, 2.05) is 12.1 Å². The second-order valence-electron chi connectivity index (χ2n) is 6.01. The molecule has 2 heterocycles. The molecule has 0 fully saturated rings. The van der Waals surface area contributed by atoms with Crippen molar-refractivity contribution in [2.24, 2.45) is 0 Å². The molecular formula is C19H19NO. The highest BCUT2D eigenvalue weighted by Crippen LogP contribution is 2.51. The first kappa shape index (κ1) is 12.5. The van der Waals surface area contributed by atoms with Gasteiger partial charge in [0.1, 0.15) is 5.75 Å². The van der Waals surface area contributed by atoms with E-state index in [9.17, 15) is 0 Å². The first-order valence-electron chi connectivity index (χ1n) is 7.44. The highest BCUT2D eigenvalue weighted by atomic mass is 16.5. The van der Waals surface area contributed by atoms with Gasteiger partial charge in [-0.1, -0.05) is 37.3 Å². The van der Waals surface area contributed by atoms with Gasteiger partial charge in [-0.05, 0) is 42.3 Å². The van der Waals surface area contributed by atoms with Crippen molar-refractivity contribution in [1.82, 2.24) is 0 Å². The quantitative estimate of drug-likeness (QED) is 0.710. The van der Waals surface area contributed by atoms with Gasteiger partial charge in [-0.3, -0.25) is 0 Å². The van der Waals surface area contributed by atoms with Gasteiger partial charge in [0.2, 0.25) is 5.72 Å². The highest BCUT2D eigenvalue weighted by molar-refractivity contribution is 5.71. The summed E-state index contributed by atoms with van der Waals surface area (Å²) in [4.78, 5) is 2.27. The van der Waals surface area contributed by atoms with Gasteiger partial charge < -0.3 is 9.64 Å². The normalized spacial score (nSPS) is 25.7. The average molecular weight is 277 g/mol. The molecule has 2 unspecified atom stereocenters. The lowest BCUT2D eigenvalue weighted by Crippen LogP contribution is -2.50. The number of likely N-dealkylation sites (N-methyl/N-ethyl adjacent to an activating group) is 1. The third-order valence-corrected chi connectivity index (χ3v) is 4.93. The van der Waals surface area contributed by atoms with Gasteiger partial charge in [-0.15, -0.1) is 0 Å². The summed E-state index contributed by atoms with van der Waals surface area (Å²) in [5.41, 5.74) is 4.73. The summed E-state index contributed by atoms with van der Waals surface area (Å²) < 4.78 is 6.48. The SMILES string of the molecule is Cc1cccc2c1C(C)C1(C=Cc3ccccc3O1)N2C. The first-order chi connectivity index (χ1) is 10.1. The molecule has 0 saturated heterocycles. The topological polar surface area (TPSA) is 12.5 Å². The first-order valence-corrected chi connectivity index (χ1v) is 7.44. The number of nitrogens with zero attached hydrogens (tertiary/aromatic N) is 1. The molecule has 0 amide bonds. The largest absolute Gasteiger partial charge is 0.463 e. The summed E-state index contributed by atoms with van der Waals surface area (Å²) in [5.74, 6) is 1.26. The third-order valence-electron chi connectivity index (χ3n) is 4.93. The molecule has 2 heteroatoms. The van der Waals surface area contributed by atoms with Crippen molar-refractivity contribution in [2.45, 2.75) is 25.5 Å². The van der Waals surface area contributed by atoms with Crippen molar-refractivity contribution >= 4 is 11.8 Å². The number of para-hydroxylation sites is 1. The van der Waals surface area contributed by atoms with Gasteiger partial charge >= 0.3 is 0 Å². The number of fused-ring (bicyclic) bond motifs is 2. The highest BCUT2D eigenvalue weighted by Gasteiger charge is 2.50. The van der Waals surface area contributed by atoms with E-state index in [4.69, 9.17) is 4.74 Å². The van der Waals surface area contributed by atoms with E-state index >= 15 is 0 Å². The van der Waals surface area contributed by atoms with E-state index in [1.165, 1.54) is 16.8 Å². The van der Waals surface area contributed by atoms with Crippen LogP contribution in [0, 0.1) is 6.92 Å². The van der Waals surface area contributed by atoms with E-state index in [2.05, 4.69) is 68.3 Å².